The lowest BCUT2D eigenvalue weighted by Gasteiger charge is -2.45. The maximum absolute atomic E-state index is 12.0. The van der Waals surface area contributed by atoms with Crippen LogP contribution < -0.4 is 10.6 Å². The van der Waals surface area contributed by atoms with Crippen LogP contribution in [0.2, 0.25) is 0 Å². The predicted molar refractivity (Wildman–Crippen MR) is 96.2 cm³/mol. The number of rotatable bonds is 5. The van der Waals surface area contributed by atoms with Gasteiger partial charge in [-0.15, -0.1) is 0 Å². The smallest absolute Gasteiger partial charge is 0.221 e. The Morgan fingerprint density at radius 3 is 2.17 bits per heavy atom. The fourth-order valence-corrected chi connectivity index (χ4v) is 4.53. The summed E-state index contributed by atoms with van der Waals surface area (Å²) < 4.78 is 0. The van der Waals surface area contributed by atoms with Crippen LogP contribution in [0.25, 0.3) is 0 Å². The van der Waals surface area contributed by atoms with E-state index in [0.29, 0.717) is 24.2 Å². The maximum Gasteiger partial charge on any atom is 0.221 e. The molecule has 0 fully saturated rings. The normalized spacial score (nSPS) is 23.5. The van der Waals surface area contributed by atoms with Crippen LogP contribution in [0.4, 0.5) is 0 Å². The molecule has 0 radical (unpaired) electrons. The molecule has 0 aromatic heterocycles. The number of hydrogen-bond donors (Lipinski definition) is 2. The summed E-state index contributed by atoms with van der Waals surface area (Å²) in [6.07, 6.45) is 1.68. The Balaban J connectivity index is 1.60. The minimum Gasteiger partial charge on any atom is -0.356 e. The van der Waals surface area contributed by atoms with Crippen molar-refractivity contribution < 1.29 is 4.79 Å². The van der Waals surface area contributed by atoms with E-state index in [9.17, 15) is 4.79 Å². The van der Waals surface area contributed by atoms with Gasteiger partial charge in [-0.1, -0.05) is 48.5 Å². The summed E-state index contributed by atoms with van der Waals surface area (Å²) in [5.41, 5.74) is 5.89. The highest BCUT2D eigenvalue weighted by atomic mass is 16.1. The monoisotopic (exact) mass is 320 g/mol. The van der Waals surface area contributed by atoms with Crippen molar-refractivity contribution in [1.82, 2.24) is 10.6 Å². The molecule has 24 heavy (non-hydrogen) atoms. The second kappa shape index (κ2) is 6.40. The van der Waals surface area contributed by atoms with Crippen molar-refractivity contribution in [3.8, 4) is 0 Å². The minimum atomic E-state index is 0.146. The summed E-state index contributed by atoms with van der Waals surface area (Å²) in [5.74, 6) is 1.51. The molecule has 5 rings (SSSR count). The fourth-order valence-electron chi connectivity index (χ4n) is 4.53. The Morgan fingerprint density at radius 1 is 1.00 bits per heavy atom. The van der Waals surface area contributed by atoms with Crippen LogP contribution in [-0.2, 0) is 4.79 Å². The van der Waals surface area contributed by atoms with E-state index in [-0.39, 0.29) is 5.91 Å². The first-order chi connectivity index (χ1) is 11.8. The molecule has 0 spiro atoms. The van der Waals surface area contributed by atoms with Crippen molar-refractivity contribution in [1.29, 1.82) is 0 Å². The van der Waals surface area contributed by atoms with Crippen LogP contribution in [0, 0.1) is 5.92 Å². The predicted octanol–water partition coefficient (Wildman–Crippen LogP) is 3.01. The molecule has 1 unspecified atom stereocenters. The zero-order chi connectivity index (χ0) is 16.5. The van der Waals surface area contributed by atoms with Gasteiger partial charge in [0.25, 0.3) is 0 Å². The van der Waals surface area contributed by atoms with Crippen molar-refractivity contribution >= 4 is 5.91 Å². The van der Waals surface area contributed by atoms with Gasteiger partial charge >= 0.3 is 0 Å². The van der Waals surface area contributed by atoms with E-state index in [1.165, 1.54) is 22.3 Å². The van der Waals surface area contributed by atoms with E-state index in [0.717, 1.165) is 19.5 Å². The van der Waals surface area contributed by atoms with E-state index in [2.05, 4.69) is 59.2 Å². The number of hydrogen-bond acceptors (Lipinski definition) is 2. The lowest BCUT2D eigenvalue weighted by Crippen LogP contribution is -2.39. The number of fused-ring (bicyclic) bond motifs is 1. The topological polar surface area (TPSA) is 41.1 Å². The molecule has 0 saturated carbocycles. The first-order valence-corrected chi connectivity index (χ1v) is 8.88. The standard InChI is InChI=1S/C21H24N2O/c1-22-11-10-20(24)23-13-14-12-19-15-6-2-4-8-17(15)21(14)18-9-5-3-7-16(18)19/h2-9,14,19,21-22H,10-13H2,1H3,(H,23,24). The summed E-state index contributed by atoms with van der Waals surface area (Å²) in [5, 5.41) is 6.18. The van der Waals surface area contributed by atoms with Crippen LogP contribution in [0.5, 0.6) is 0 Å². The van der Waals surface area contributed by atoms with Crippen molar-refractivity contribution in [3.05, 3.63) is 70.8 Å². The van der Waals surface area contributed by atoms with E-state index < -0.39 is 0 Å². The number of carbonyl (C=O) groups excluding carboxylic acids is 1. The van der Waals surface area contributed by atoms with E-state index in [1.807, 2.05) is 7.05 Å². The first-order valence-electron chi connectivity index (χ1n) is 8.88. The molecule has 1 amide bonds. The van der Waals surface area contributed by atoms with Gasteiger partial charge in [-0.2, -0.15) is 0 Å². The van der Waals surface area contributed by atoms with Crippen LogP contribution in [0.15, 0.2) is 48.5 Å². The molecule has 3 aliphatic rings. The molecule has 2 aromatic carbocycles. The molecule has 0 aliphatic heterocycles. The van der Waals surface area contributed by atoms with Crippen LogP contribution in [0.3, 0.4) is 0 Å². The number of amides is 1. The Labute approximate surface area is 143 Å². The van der Waals surface area contributed by atoms with E-state index in [1.54, 1.807) is 0 Å². The molecule has 3 heteroatoms. The summed E-state index contributed by atoms with van der Waals surface area (Å²) in [4.78, 5) is 12.0. The molecule has 0 saturated heterocycles. The molecular formula is C21H24N2O. The molecule has 2 N–H and O–H groups in total. The molecule has 2 bridgehead atoms. The SMILES string of the molecule is CNCCC(=O)NCC1CC2c3ccccc3C1c1ccccc12. The van der Waals surface area contributed by atoms with Crippen LogP contribution in [-0.4, -0.2) is 26.0 Å². The molecule has 124 valence electrons. The Hall–Kier alpha value is -2.13. The highest BCUT2D eigenvalue weighted by Crippen LogP contribution is 2.54. The van der Waals surface area contributed by atoms with Crippen molar-refractivity contribution in [2.75, 3.05) is 20.1 Å². The molecule has 1 atom stereocenters. The second-order valence-corrected chi connectivity index (χ2v) is 6.94. The van der Waals surface area contributed by atoms with Gasteiger partial charge in [-0.3, -0.25) is 4.79 Å². The largest absolute Gasteiger partial charge is 0.356 e. The quantitative estimate of drug-likeness (QED) is 0.889. The highest BCUT2D eigenvalue weighted by molar-refractivity contribution is 5.76. The molecular weight excluding hydrogens is 296 g/mol. The van der Waals surface area contributed by atoms with Gasteiger partial charge in [0.05, 0.1) is 0 Å². The summed E-state index contributed by atoms with van der Waals surface area (Å²) >= 11 is 0. The average molecular weight is 320 g/mol. The third-order valence-corrected chi connectivity index (χ3v) is 5.59. The lowest BCUT2D eigenvalue weighted by atomic mass is 9.59. The van der Waals surface area contributed by atoms with Crippen molar-refractivity contribution in [3.63, 3.8) is 0 Å². The summed E-state index contributed by atoms with van der Waals surface area (Å²) in [6, 6.07) is 17.7. The van der Waals surface area contributed by atoms with Crippen LogP contribution >= 0.6 is 0 Å². The van der Waals surface area contributed by atoms with Gasteiger partial charge in [0, 0.05) is 31.3 Å². The third kappa shape index (κ3) is 2.53. The fraction of sp³-hybridized carbons (Fsp3) is 0.381. The van der Waals surface area contributed by atoms with Crippen LogP contribution in [0.1, 0.15) is 46.9 Å². The van der Waals surface area contributed by atoms with E-state index >= 15 is 0 Å². The molecule has 3 nitrogen and oxygen atoms in total. The Kier molecular flexibility index (Phi) is 4.11. The zero-order valence-corrected chi connectivity index (χ0v) is 14.1. The average Bonchev–Trinajstić information content (AvgIpc) is 2.65. The Morgan fingerprint density at radius 2 is 1.58 bits per heavy atom. The van der Waals surface area contributed by atoms with Gasteiger partial charge in [0.2, 0.25) is 5.91 Å². The lowest BCUT2D eigenvalue weighted by molar-refractivity contribution is -0.121. The number of carbonyl (C=O) groups is 1. The maximum atomic E-state index is 12.0. The zero-order valence-electron chi connectivity index (χ0n) is 14.1. The highest BCUT2D eigenvalue weighted by Gasteiger charge is 2.42. The first kappa shape index (κ1) is 15.4. The minimum absolute atomic E-state index is 0.146. The van der Waals surface area contributed by atoms with Gasteiger partial charge in [0.1, 0.15) is 0 Å². The Bertz CT molecular complexity index is 708. The number of nitrogens with one attached hydrogen (secondary N) is 2. The second-order valence-electron chi connectivity index (χ2n) is 6.94. The molecule has 3 aliphatic carbocycles. The van der Waals surface area contributed by atoms with Gasteiger partial charge in [-0.25, -0.2) is 0 Å². The van der Waals surface area contributed by atoms with Gasteiger partial charge in [0.15, 0.2) is 0 Å². The van der Waals surface area contributed by atoms with Gasteiger partial charge in [-0.05, 0) is 41.6 Å². The number of benzene rings is 2. The van der Waals surface area contributed by atoms with Crippen molar-refractivity contribution in [2.24, 2.45) is 5.92 Å². The van der Waals surface area contributed by atoms with E-state index in [4.69, 9.17) is 0 Å². The summed E-state index contributed by atoms with van der Waals surface area (Å²) in [6.45, 7) is 1.50. The van der Waals surface area contributed by atoms with Gasteiger partial charge < -0.3 is 10.6 Å². The summed E-state index contributed by atoms with van der Waals surface area (Å²) in [7, 11) is 1.88. The third-order valence-electron chi connectivity index (χ3n) is 5.59. The van der Waals surface area contributed by atoms with Crippen molar-refractivity contribution in [2.45, 2.75) is 24.7 Å². The molecule has 2 aromatic rings. The molecule has 0 heterocycles.